The van der Waals surface area contributed by atoms with E-state index in [2.05, 4.69) is 26.2 Å². The van der Waals surface area contributed by atoms with Crippen molar-refractivity contribution >= 4 is 33.6 Å². The molecule has 0 saturated carbocycles. The summed E-state index contributed by atoms with van der Waals surface area (Å²) < 4.78 is 0.709. The molecule has 1 heterocycles. The Balaban J connectivity index is 2.35. The van der Waals surface area contributed by atoms with Gasteiger partial charge in [-0.3, -0.25) is 9.59 Å². The number of hydrogen-bond donors (Lipinski definition) is 2. The summed E-state index contributed by atoms with van der Waals surface area (Å²) in [6, 6.07) is 6.66. The van der Waals surface area contributed by atoms with Crippen molar-refractivity contribution in [1.82, 2.24) is 5.32 Å². The molecule has 0 spiro atoms. The van der Waals surface area contributed by atoms with Crippen LogP contribution in [0.4, 0.5) is 0 Å². The lowest BCUT2D eigenvalue weighted by Crippen LogP contribution is -2.52. The number of hydrogen-bond acceptors (Lipinski definition) is 3. The van der Waals surface area contributed by atoms with Crippen molar-refractivity contribution in [3.05, 3.63) is 34.3 Å². The van der Waals surface area contributed by atoms with Gasteiger partial charge in [-0.25, -0.2) is 0 Å². The van der Waals surface area contributed by atoms with E-state index in [4.69, 9.17) is 5.73 Å². The molecule has 1 aromatic rings. The van der Waals surface area contributed by atoms with Gasteiger partial charge in [-0.1, -0.05) is 48.0 Å². The van der Waals surface area contributed by atoms with Gasteiger partial charge < -0.3 is 11.1 Å². The predicted molar refractivity (Wildman–Crippen MR) is 80.3 cm³/mol. The highest BCUT2D eigenvalue weighted by atomic mass is 79.9. The number of rotatable bonds is 3. The first-order chi connectivity index (χ1) is 9.41. The van der Waals surface area contributed by atoms with Gasteiger partial charge in [0.2, 0.25) is 5.91 Å². The van der Waals surface area contributed by atoms with Gasteiger partial charge in [0.25, 0.3) is 5.91 Å². The average molecular weight is 338 g/mol. The summed E-state index contributed by atoms with van der Waals surface area (Å²) in [6.45, 7) is 3.81. The molecule has 20 heavy (non-hydrogen) atoms. The molecule has 6 heteroatoms. The van der Waals surface area contributed by atoms with Crippen LogP contribution in [-0.4, -0.2) is 23.7 Å². The highest BCUT2D eigenvalue weighted by Crippen LogP contribution is 2.27. The summed E-state index contributed by atoms with van der Waals surface area (Å²) in [4.78, 5) is 28.3. The zero-order chi connectivity index (χ0) is 14.9. The van der Waals surface area contributed by atoms with E-state index in [-0.39, 0.29) is 17.7 Å². The van der Waals surface area contributed by atoms with Crippen LogP contribution >= 0.6 is 15.9 Å². The number of nitrogens with one attached hydrogen (secondary N) is 1. The van der Waals surface area contributed by atoms with Crippen molar-refractivity contribution in [1.29, 1.82) is 0 Å². The molecule has 2 amide bonds. The number of aliphatic imine (C=N–C) groups is 1. The van der Waals surface area contributed by atoms with E-state index in [1.165, 1.54) is 0 Å². The van der Waals surface area contributed by atoms with Crippen molar-refractivity contribution in [3.63, 3.8) is 0 Å². The van der Waals surface area contributed by atoms with E-state index >= 15 is 0 Å². The first-order valence-corrected chi connectivity index (χ1v) is 7.14. The average Bonchev–Trinajstić information content (AvgIpc) is 2.39. The summed E-state index contributed by atoms with van der Waals surface area (Å²) in [5, 5.41) is 2.65. The molecule has 0 saturated heterocycles. The molecule has 2 unspecified atom stereocenters. The second-order valence-electron chi connectivity index (χ2n) is 5.05. The Kier molecular flexibility index (Phi) is 4.35. The second kappa shape index (κ2) is 5.85. The summed E-state index contributed by atoms with van der Waals surface area (Å²) in [6.07, 6.45) is 0. The number of amides is 2. The molecule has 1 aliphatic heterocycles. The Morgan fingerprint density at radius 2 is 1.95 bits per heavy atom. The molecule has 5 nitrogen and oxygen atoms in total. The Morgan fingerprint density at radius 1 is 1.30 bits per heavy atom. The van der Waals surface area contributed by atoms with Gasteiger partial charge in [0.15, 0.2) is 0 Å². The number of carbonyl (C=O) groups excluding carboxylic acids is 2. The normalized spacial score (nSPS) is 20.6. The third-order valence-corrected chi connectivity index (χ3v) is 3.96. The van der Waals surface area contributed by atoms with Crippen LogP contribution in [0.25, 0.3) is 0 Å². The Bertz CT molecular complexity index is 584. The van der Waals surface area contributed by atoms with Gasteiger partial charge in [0, 0.05) is 4.47 Å². The van der Waals surface area contributed by atoms with Crippen LogP contribution in [-0.2, 0) is 9.59 Å². The molecule has 2 rings (SSSR count). The van der Waals surface area contributed by atoms with E-state index in [9.17, 15) is 9.59 Å². The fourth-order valence-electron chi connectivity index (χ4n) is 1.98. The third-order valence-electron chi connectivity index (χ3n) is 3.24. The third kappa shape index (κ3) is 2.81. The minimum atomic E-state index is -0.923. The fraction of sp³-hybridized carbons (Fsp3) is 0.357. The Morgan fingerprint density at radius 3 is 2.50 bits per heavy atom. The van der Waals surface area contributed by atoms with Gasteiger partial charge in [-0.05, 0) is 17.5 Å². The maximum Gasteiger partial charge on any atom is 0.264 e. The standard InChI is InChI=1S/C14H16BrN3O2/c1-7(2)11(16)12-17-13(19)10(14(20)18-12)8-5-3-4-6-9(8)15/h3-7,10-11H,16H2,1-2H3,(H,17,18,19,20). The number of halogens is 1. The summed E-state index contributed by atoms with van der Waals surface area (Å²) >= 11 is 3.35. The van der Waals surface area contributed by atoms with Gasteiger partial charge in [-0.2, -0.15) is 4.99 Å². The lowest BCUT2D eigenvalue weighted by Gasteiger charge is -2.25. The molecule has 3 N–H and O–H groups in total. The molecular weight excluding hydrogens is 322 g/mol. The number of nitrogens with zero attached hydrogens (tertiary/aromatic N) is 1. The Labute approximate surface area is 125 Å². The maximum absolute atomic E-state index is 12.2. The van der Waals surface area contributed by atoms with Crippen LogP contribution < -0.4 is 11.1 Å². The van der Waals surface area contributed by atoms with E-state index < -0.39 is 17.9 Å². The minimum absolute atomic E-state index is 0.0851. The van der Waals surface area contributed by atoms with E-state index in [0.29, 0.717) is 10.0 Å². The summed E-state index contributed by atoms with van der Waals surface area (Å²) in [5.74, 6) is -1.45. The molecule has 0 aliphatic carbocycles. The van der Waals surface area contributed by atoms with Gasteiger partial charge >= 0.3 is 0 Å². The maximum atomic E-state index is 12.2. The lowest BCUT2D eigenvalue weighted by molar-refractivity contribution is -0.129. The minimum Gasteiger partial charge on any atom is -0.321 e. The summed E-state index contributed by atoms with van der Waals surface area (Å²) in [7, 11) is 0. The molecule has 0 fully saturated rings. The van der Waals surface area contributed by atoms with Crippen LogP contribution in [0.1, 0.15) is 25.3 Å². The topological polar surface area (TPSA) is 84.5 Å². The van der Waals surface area contributed by atoms with Crippen molar-refractivity contribution in [3.8, 4) is 0 Å². The molecule has 0 aromatic heterocycles. The van der Waals surface area contributed by atoms with Gasteiger partial charge in [-0.15, -0.1) is 0 Å². The van der Waals surface area contributed by atoms with Crippen molar-refractivity contribution in [2.75, 3.05) is 0 Å². The quantitative estimate of drug-likeness (QED) is 0.821. The van der Waals surface area contributed by atoms with Crippen molar-refractivity contribution in [2.24, 2.45) is 16.6 Å². The second-order valence-corrected chi connectivity index (χ2v) is 5.90. The van der Waals surface area contributed by atoms with E-state index in [0.717, 1.165) is 0 Å². The molecular formula is C14H16BrN3O2. The molecule has 1 aromatic carbocycles. The zero-order valence-corrected chi connectivity index (χ0v) is 12.8. The monoisotopic (exact) mass is 337 g/mol. The first-order valence-electron chi connectivity index (χ1n) is 6.35. The smallest absolute Gasteiger partial charge is 0.264 e. The van der Waals surface area contributed by atoms with Crippen molar-refractivity contribution < 1.29 is 9.59 Å². The SMILES string of the molecule is CC(C)C(N)C1=NC(=O)C(c2ccccc2Br)C(=O)N1. The molecule has 1 aliphatic rings. The molecule has 0 bridgehead atoms. The number of amidine groups is 1. The van der Waals surface area contributed by atoms with Crippen LogP contribution in [0.2, 0.25) is 0 Å². The largest absolute Gasteiger partial charge is 0.321 e. The van der Waals surface area contributed by atoms with E-state index in [1.54, 1.807) is 18.2 Å². The van der Waals surface area contributed by atoms with Gasteiger partial charge in [0.1, 0.15) is 11.8 Å². The fourth-order valence-corrected chi connectivity index (χ4v) is 2.49. The predicted octanol–water partition coefficient (Wildman–Crippen LogP) is 1.57. The zero-order valence-electron chi connectivity index (χ0n) is 11.3. The van der Waals surface area contributed by atoms with Crippen LogP contribution in [0.15, 0.2) is 33.7 Å². The molecule has 0 radical (unpaired) electrons. The number of benzene rings is 1. The summed E-state index contributed by atoms with van der Waals surface area (Å²) in [5.41, 5.74) is 6.53. The first kappa shape index (κ1) is 14.9. The van der Waals surface area contributed by atoms with Crippen LogP contribution in [0.5, 0.6) is 0 Å². The highest BCUT2D eigenvalue weighted by molar-refractivity contribution is 9.10. The highest BCUT2D eigenvalue weighted by Gasteiger charge is 2.36. The molecule has 2 atom stereocenters. The van der Waals surface area contributed by atoms with Crippen molar-refractivity contribution in [2.45, 2.75) is 25.8 Å². The van der Waals surface area contributed by atoms with E-state index in [1.807, 2.05) is 19.9 Å². The van der Waals surface area contributed by atoms with Gasteiger partial charge in [0.05, 0.1) is 6.04 Å². The molecule has 106 valence electrons. The Hall–Kier alpha value is -1.53. The number of carbonyl (C=O) groups is 2. The number of nitrogens with two attached hydrogens (primary N) is 1. The lowest BCUT2D eigenvalue weighted by atomic mass is 9.94. The van der Waals surface area contributed by atoms with Crippen LogP contribution in [0.3, 0.4) is 0 Å². The van der Waals surface area contributed by atoms with Crippen LogP contribution in [0, 0.1) is 5.92 Å².